The Labute approximate surface area is 148 Å². The van der Waals surface area contributed by atoms with Crippen molar-refractivity contribution in [2.45, 2.75) is 13.8 Å². The van der Waals surface area contributed by atoms with Gasteiger partial charge in [-0.05, 0) is 43.7 Å². The maximum atomic E-state index is 12.6. The summed E-state index contributed by atoms with van der Waals surface area (Å²) < 4.78 is 5.78. The van der Waals surface area contributed by atoms with E-state index in [1.807, 2.05) is 6.92 Å². The monoisotopic (exact) mass is 358 g/mol. The Hall–Kier alpha value is -2.38. The second kappa shape index (κ2) is 6.26. The summed E-state index contributed by atoms with van der Waals surface area (Å²) in [4.78, 5) is 25.6. The van der Waals surface area contributed by atoms with Crippen LogP contribution in [0.2, 0.25) is 0 Å². The molecule has 0 radical (unpaired) electrons. The molecule has 1 aromatic carbocycles. The lowest BCUT2D eigenvalue weighted by Crippen LogP contribution is -2.29. The second-order valence-corrected chi connectivity index (χ2v) is 6.93. The van der Waals surface area contributed by atoms with Gasteiger partial charge in [0.2, 0.25) is 0 Å². The predicted molar refractivity (Wildman–Crippen MR) is 94.6 cm³/mol. The van der Waals surface area contributed by atoms with Crippen molar-refractivity contribution in [3.8, 4) is 0 Å². The Kier molecular flexibility index (Phi) is 4.29. The number of carboxylic acids is 1. The summed E-state index contributed by atoms with van der Waals surface area (Å²) in [5.41, 5.74) is 0.999. The lowest BCUT2D eigenvalue weighted by atomic mass is 10.1. The molecular formula is C17H12NO4S2-. The molecule has 1 aliphatic heterocycles. The fourth-order valence-electron chi connectivity index (χ4n) is 2.32. The van der Waals surface area contributed by atoms with E-state index in [1.54, 1.807) is 37.3 Å². The number of aromatic carboxylic acids is 1. The lowest BCUT2D eigenvalue weighted by molar-refractivity contribution is -0.255. The zero-order chi connectivity index (χ0) is 17.4. The van der Waals surface area contributed by atoms with E-state index in [9.17, 15) is 14.7 Å². The summed E-state index contributed by atoms with van der Waals surface area (Å²) in [6, 6.07) is 8.25. The molecule has 0 saturated carbocycles. The second-order valence-electron chi connectivity index (χ2n) is 5.25. The third-order valence-electron chi connectivity index (χ3n) is 3.53. The van der Waals surface area contributed by atoms with Crippen molar-refractivity contribution in [1.29, 1.82) is 0 Å². The smallest absolute Gasteiger partial charge is 0.270 e. The van der Waals surface area contributed by atoms with E-state index in [0.717, 1.165) is 17.5 Å². The Morgan fingerprint density at radius 2 is 2.04 bits per heavy atom. The molecule has 0 atom stereocenters. The topological polar surface area (TPSA) is 73.6 Å². The first-order valence-electron chi connectivity index (χ1n) is 7.03. The van der Waals surface area contributed by atoms with Gasteiger partial charge in [0.15, 0.2) is 4.32 Å². The highest BCUT2D eigenvalue weighted by Gasteiger charge is 2.33. The van der Waals surface area contributed by atoms with Crippen LogP contribution in [0.15, 0.2) is 39.7 Å². The SMILES string of the molecule is Cc1ccc(/C=C2/SC(=S)N(c3ccc(C)c(C(=O)[O-])c3)C2=O)o1. The van der Waals surface area contributed by atoms with Crippen molar-refractivity contribution in [1.82, 2.24) is 0 Å². The molecule has 3 rings (SSSR count). The standard InChI is InChI=1S/C17H13NO4S2/c1-9-3-5-11(7-13(9)16(20)21)18-15(19)14(24-17(18)23)8-12-6-4-10(2)22-12/h3-8H,1-2H3,(H,20,21)/p-1/b14-8+. The van der Waals surface area contributed by atoms with E-state index in [-0.39, 0.29) is 11.5 Å². The quantitative estimate of drug-likeness (QED) is 0.620. The minimum atomic E-state index is -1.29. The van der Waals surface area contributed by atoms with Gasteiger partial charge < -0.3 is 14.3 Å². The number of thiocarbonyl (C=S) groups is 1. The number of furan rings is 1. The summed E-state index contributed by atoms with van der Waals surface area (Å²) in [5.74, 6) is -0.296. The van der Waals surface area contributed by atoms with Gasteiger partial charge in [-0.15, -0.1) is 0 Å². The fraction of sp³-hybridized carbons (Fsp3) is 0.118. The number of carbonyl (C=O) groups is 2. The number of anilines is 1. The van der Waals surface area contributed by atoms with Crippen LogP contribution in [-0.4, -0.2) is 16.2 Å². The number of nitrogens with zero attached hydrogens (tertiary/aromatic N) is 1. The summed E-state index contributed by atoms with van der Waals surface area (Å²) in [6.45, 7) is 3.48. The van der Waals surface area contributed by atoms with Gasteiger partial charge in [0, 0.05) is 11.6 Å². The van der Waals surface area contributed by atoms with Crippen LogP contribution >= 0.6 is 24.0 Å². The van der Waals surface area contributed by atoms with Crippen molar-refractivity contribution < 1.29 is 19.1 Å². The first kappa shape index (κ1) is 16.5. The average Bonchev–Trinajstić information content (AvgIpc) is 3.04. The molecule has 7 heteroatoms. The Morgan fingerprint density at radius 3 is 2.67 bits per heavy atom. The number of carboxylic acid groups (broad SMARTS) is 1. The van der Waals surface area contributed by atoms with E-state index in [2.05, 4.69) is 0 Å². The number of hydrogen-bond acceptors (Lipinski definition) is 6. The molecule has 1 aromatic heterocycles. The molecule has 2 heterocycles. The first-order chi connectivity index (χ1) is 11.4. The van der Waals surface area contributed by atoms with Crippen LogP contribution in [0.1, 0.15) is 27.4 Å². The van der Waals surface area contributed by atoms with Crippen molar-refractivity contribution in [3.05, 3.63) is 57.9 Å². The average molecular weight is 358 g/mol. The summed E-state index contributed by atoms with van der Waals surface area (Å²) >= 11 is 6.42. The van der Waals surface area contributed by atoms with Crippen LogP contribution in [0.5, 0.6) is 0 Å². The third kappa shape index (κ3) is 3.00. The molecule has 0 spiro atoms. The molecule has 0 unspecified atom stereocenters. The van der Waals surface area contributed by atoms with Crippen molar-refractivity contribution in [3.63, 3.8) is 0 Å². The minimum Gasteiger partial charge on any atom is -0.545 e. The molecule has 1 fully saturated rings. The molecule has 0 aliphatic carbocycles. The molecule has 24 heavy (non-hydrogen) atoms. The van der Waals surface area contributed by atoms with Gasteiger partial charge in [0.25, 0.3) is 5.91 Å². The van der Waals surface area contributed by atoms with E-state index < -0.39 is 5.97 Å². The molecule has 0 N–H and O–H groups in total. The van der Waals surface area contributed by atoms with E-state index in [4.69, 9.17) is 16.6 Å². The molecular weight excluding hydrogens is 346 g/mol. The van der Waals surface area contributed by atoms with Gasteiger partial charge in [-0.25, -0.2) is 0 Å². The van der Waals surface area contributed by atoms with E-state index >= 15 is 0 Å². The molecule has 2 aromatic rings. The number of carbonyl (C=O) groups excluding carboxylic acids is 2. The maximum Gasteiger partial charge on any atom is 0.270 e. The third-order valence-corrected chi connectivity index (χ3v) is 4.83. The number of hydrogen-bond donors (Lipinski definition) is 0. The highest BCUT2D eigenvalue weighted by Crippen LogP contribution is 2.36. The van der Waals surface area contributed by atoms with Gasteiger partial charge >= 0.3 is 0 Å². The predicted octanol–water partition coefficient (Wildman–Crippen LogP) is 2.67. The van der Waals surface area contributed by atoms with Crippen molar-refractivity contribution >= 4 is 51.9 Å². The number of aryl methyl sites for hydroxylation is 2. The van der Waals surface area contributed by atoms with Crippen LogP contribution in [0.3, 0.4) is 0 Å². The molecule has 5 nitrogen and oxygen atoms in total. The van der Waals surface area contributed by atoms with Crippen LogP contribution in [-0.2, 0) is 4.79 Å². The molecule has 122 valence electrons. The highest BCUT2D eigenvalue weighted by atomic mass is 32.2. The van der Waals surface area contributed by atoms with Crippen LogP contribution in [0.4, 0.5) is 5.69 Å². The summed E-state index contributed by atoms with van der Waals surface area (Å²) in [5, 5.41) is 11.2. The summed E-state index contributed by atoms with van der Waals surface area (Å²) in [6.07, 6.45) is 1.63. The molecule has 1 aliphatic rings. The van der Waals surface area contributed by atoms with Crippen LogP contribution in [0.25, 0.3) is 6.08 Å². The zero-order valence-corrected chi connectivity index (χ0v) is 14.5. The summed E-state index contributed by atoms with van der Waals surface area (Å²) in [7, 11) is 0. The van der Waals surface area contributed by atoms with Gasteiger partial charge in [0.05, 0.1) is 16.6 Å². The highest BCUT2D eigenvalue weighted by molar-refractivity contribution is 8.27. The van der Waals surface area contributed by atoms with Gasteiger partial charge in [0.1, 0.15) is 11.5 Å². The molecule has 1 amide bonds. The number of benzene rings is 1. The fourth-order valence-corrected chi connectivity index (χ4v) is 3.60. The zero-order valence-electron chi connectivity index (χ0n) is 12.9. The lowest BCUT2D eigenvalue weighted by Gasteiger charge is -2.17. The Morgan fingerprint density at radius 1 is 1.29 bits per heavy atom. The first-order valence-corrected chi connectivity index (χ1v) is 8.25. The Balaban J connectivity index is 1.97. The largest absolute Gasteiger partial charge is 0.545 e. The van der Waals surface area contributed by atoms with E-state index in [1.165, 1.54) is 11.0 Å². The Bertz CT molecular complexity index is 898. The van der Waals surface area contributed by atoms with E-state index in [0.29, 0.717) is 26.2 Å². The molecule has 0 bridgehead atoms. The van der Waals surface area contributed by atoms with Gasteiger partial charge in [-0.3, -0.25) is 9.69 Å². The number of rotatable bonds is 3. The van der Waals surface area contributed by atoms with Crippen LogP contribution in [0, 0.1) is 13.8 Å². The van der Waals surface area contributed by atoms with Crippen molar-refractivity contribution in [2.24, 2.45) is 0 Å². The van der Waals surface area contributed by atoms with Gasteiger partial charge in [-0.1, -0.05) is 30.0 Å². The van der Waals surface area contributed by atoms with Crippen molar-refractivity contribution in [2.75, 3.05) is 4.90 Å². The number of thioether (sulfide) groups is 1. The molecule has 1 saturated heterocycles. The maximum absolute atomic E-state index is 12.6. The van der Waals surface area contributed by atoms with Gasteiger partial charge in [-0.2, -0.15) is 0 Å². The normalized spacial score (nSPS) is 16.2. The minimum absolute atomic E-state index is 0.0344. The van der Waals surface area contributed by atoms with Crippen LogP contribution < -0.4 is 10.0 Å². The number of amides is 1.